The van der Waals surface area contributed by atoms with Crippen molar-refractivity contribution in [2.75, 3.05) is 5.73 Å². The van der Waals surface area contributed by atoms with E-state index in [4.69, 9.17) is 17.3 Å². The first-order chi connectivity index (χ1) is 5.27. The number of aromatic amines is 2. The minimum absolute atomic E-state index is 0.301. The number of rotatable bonds is 0. The summed E-state index contributed by atoms with van der Waals surface area (Å²) < 4.78 is 0. The van der Waals surface area contributed by atoms with Gasteiger partial charge in [-0.3, -0.25) is 0 Å². The Kier molecular flexibility index (Phi) is 1.22. The average Bonchev–Trinajstić information content (AvgIpc) is 2.34. The molecule has 0 aromatic carbocycles. The first-order valence-corrected chi connectivity index (χ1v) is 3.46. The highest BCUT2D eigenvalue weighted by molar-refractivity contribution is 6.27. The molecule has 11 heavy (non-hydrogen) atoms. The van der Waals surface area contributed by atoms with Crippen molar-refractivity contribution in [3.8, 4) is 0 Å². The number of anilines is 1. The summed E-state index contributed by atoms with van der Waals surface area (Å²) in [4.78, 5) is 9.63. The molecule has 0 aliphatic rings. The maximum atomic E-state index is 5.62. The molecule has 0 atom stereocenters. The van der Waals surface area contributed by atoms with E-state index in [9.17, 15) is 0 Å². The molecule has 0 aliphatic carbocycles. The molecule has 56 valence electrons. The van der Waals surface area contributed by atoms with Crippen LogP contribution >= 0.6 is 11.6 Å². The van der Waals surface area contributed by atoms with Gasteiger partial charge in [0.25, 0.3) is 0 Å². The smallest absolute Gasteiger partial charge is 0.333 e. The van der Waals surface area contributed by atoms with E-state index in [1.807, 2.05) is 6.07 Å². The van der Waals surface area contributed by atoms with Gasteiger partial charge in [0.1, 0.15) is 0 Å². The fourth-order valence-electron chi connectivity index (χ4n) is 0.977. The van der Waals surface area contributed by atoms with E-state index in [2.05, 4.69) is 15.0 Å². The van der Waals surface area contributed by atoms with E-state index in [1.165, 1.54) is 0 Å². The van der Waals surface area contributed by atoms with E-state index < -0.39 is 0 Å². The zero-order chi connectivity index (χ0) is 7.84. The summed E-state index contributed by atoms with van der Waals surface area (Å²) in [5.74, 6) is 0.505. The van der Waals surface area contributed by atoms with Gasteiger partial charge in [-0.15, -0.1) is 0 Å². The summed E-state index contributed by atoms with van der Waals surface area (Å²) in [6, 6.07) is 1.81. The lowest BCUT2D eigenvalue weighted by atomic mass is 10.4. The second kappa shape index (κ2) is 2.10. The van der Waals surface area contributed by atoms with Crippen LogP contribution < -0.4 is 10.7 Å². The molecule has 2 heterocycles. The van der Waals surface area contributed by atoms with Crippen LogP contribution in [0.2, 0.25) is 5.28 Å². The van der Waals surface area contributed by atoms with Crippen molar-refractivity contribution >= 4 is 28.5 Å². The summed E-state index contributed by atoms with van der Waals surface area (Å²) in [6.07, 6.45) is 1.76. The fourth-order valence-corrected chi connectivity index (χ4v) is 1.17. The highest BCUT2D eigenvalue weighted by Crippen LogP contribution is 2.13. The normalized spacial score (nSPS) is 10.6. The van der Waals surface area contributed by atoms with Crippen LogP contribution in [-0.4, -0.2) is 9.97 Å². The van der Waals surface area contributed by atoms with Crippen LogP contribution in [-0.2, 0) is 0 Å². The summed E-state index contributed by atoms with van der Waals surface area (Å²) >= 11 is 5.62. The summed E-state index contributed by atoms with van der Waals surface area (Å²) in [7, 11) is 0. The second-order valence-electron chi connectivity index (χ2n) is 2.18. The molecule has 0 fully saturated rings. The number of nitrogen functional groups attached to an aromatic ring is 1. The van der Waals surface area contributed by atoms with Gasteiger partial charge < -0.3 is 10.7 Å². The van der Waals surface area contributed by atoms with Gasteiger partial charge in [0.05, 0.1) is 0 Å². The number of halogens is 1. The SMILES string of the molecule is Nc1[nH+]c(Cl)nc2cc[nH]c12. The van der Waals surface area contributed by atoms with Crippen molar-refractivity contribution in [1.82, 2.24) is 9.97 Å². The van der Waals surface area contributed by atoms with Gasteiger partial charge in [-0.1, -0.05) is 4.98 Å². The maximum Gasteiger partial charge on any atom is 0.333 e. The van der Waals surface area contributed by atoms with Crippen LogP contribution in [0.1, 0.15) is 0 Å². The van der Waals surface area contributed by atoms with E-state index in [-0.39, 0.29) is 0 Å². The zero-order valence-electron chi connectivity index (χ0n) is 5.56. The lowest BCUT2D eigenvalue weighted by molar-refractivity contribution is -0.360. The third-order valence-electron chi connectivity index (χ3n) is 1.45. The molecule has 2 rings (SSSR count). The minimum atomic E-state index is 0.301. The number of aromatic nitrogens is 3. The van der Waals surface area contributed by atoms with Crippen molar-refractivity contribution in [1.29, 1.82) is 0 Å². The Labute approximate surface area is 67.4 Å². The summed E-state index contributed by atoms with van der Waals surface area (Å²) in [5.41, 5.74) is 7.15. The van der Waals surface area contributed by atoms with Crippen molar-refractivity contribution in [2.24, 2.45) is 0 Å². The number of H-pyrrole nitrogens is 2. The van der Waals surface area contributed by atoms with Crippen molar-refractivity contribution < 1.29 is 4.98 Å². The third-order valence-corrected chi connectivity index (χ3v) is 1.63. The lowest BCUT2D eigenvalue weighted by Crippen LogP contribution is -2.13. The molecule has 4 N–H and O–H groups in total. The average molecular weight is 170 g/mol. The topological polar surface area (TPSA) is 68.8 Å². The molecule has 0 radical (unpaired) electrons. The van der Waals surface area contributed by atoms with E-state index >= 15 is 0 Å². The molecule has 5 heteroatoms. The summed E-state index contributed by atoms with van der Waals surface area (Å²) in [6.45, 7) is 0. The molecule has 0 aliphatic heterocycles. The molecule has 0 saturated heterocycles. The summed E-state index contributed by atoms with van der Waals surface area (Å²) in [5, 5.41) is 0.301. The van der Waals surface area contributed by atoms with Gasteiger partial charge in [0.2, 0.25) is 5.82 Å². The maximum absolute atomic E-state index is 5.62. The minimum Gasteiger partial charge on any atom is -0.353 e. The molecule has 0 spiro atoms. The second-order valence-corrected chi connectivity index (χ2v) is 2.54. The highest BCUT2D eigenvalue weighted by Gasteiger charge is 2.08. The fraction of sp³-hybridized carbons (Fsp3) is 0. The molecule has 0 unspecified atom stereocenters. The predicted molar refractivity (Wildman–Crippen MR) is 42.1 cm³/mol. The standard InChI is InChI=1S/C6H5ClN4/c7-6-10-3-1-2-9-4(3)5(8)11-6/h1-2,9H,(H2,8,10,11)/p+1. The Morgan fingerprint density at radius 2 is 2.45 bits per heavy atom. The van der Waals surface area contributed by atoms with Crippen LogP contribution in [0.5, 0.6) is 0 Å². The quantitative estimate of drug-likeness (QED) is 0.568. The Balaban J connectivity index is 2.91. The van der Waals surface area contributed by atoms with Crippen molar-refractivity contribution in [2.45, 2.75) is 0 Å². The van der Waals surface area contributed by atoms with Gasteiger partial charge in [-0.2, -0.15) is 0 Å². The molecule has 0 saturated carbocycles. The Bertz CT molecular complexity index is 394. The molecule has 2 aromatic rings. The van der Waals surface area contributed by atoms with Crippen LogP contribution in [0.25, 0.3) is 11.0 Å². The first-order valence-electron chi connectivity index (χ1n) is 3.09. The molecular weight excluding hydrogens is 164 g/mol. The van der Waals surface area contributed by atoms with Gasteiger partial charge in [0.15, 0.2) is 11.0 Å². The Morgan fingerprint density at radius 3 is 3.27 bits per heavy atom. The number of hydrogen-bond acceptors (Lipinski definition) is 2. The van der Waals surface area contributed by atoms with E-state index in [0.29, 0.717) is 11.1 Å². The third kappa shape index (κ3) is 0.914. The van der Waals surface area contributed by atoms with E-state index in [0.717, 1.165) is 11.0 Å². The first kappa shape index (κ1) is 6.42. The predicted octanol–water partition coefficient (Wildman–Crippen LogP) is 0.613. The number of nitrogens with one attached hydrogen (secondary N) is 2. The van der Waals surface area contributed by atoms with Gasteiger partial charge in [0, 0.05) is 6.20 Å². The van der Waals surface area contributed by atoms with E-state index in [1.54, 1.807) is 6.20 Å². The molecule has 2 aromatic heterocycles. The van der Waals surface area contributed by atoms with Gasteiger partial charge in [-0.25, -0.2) is 4.98 Å². The van der Waals surface area contributed by atoms with Gasteiger partial charge in [-0.05, 0) is 17.7 Å². The number of nitrogens with zero attached hydrogens (tertiary/aromatic N) is 1. The highest BCUT2D eigenvalue weighted by atomic mass is 35.5. The molecule has 4 nitrogen and oxygen atoms in total. The largest absolute Gasteiger partial charge is 0.353 e. The van der Waals surface area contributed by atoms with Crippen LogP contribution in [0, 0.1) is 0 Å². The van der Waals surface area contributed by atoms with Crippen LogP contribution in [0.3, 0.4) is 0 Å². The zero-order valence-corrected chi connectivity index (χ0v) is 6.31. The van der Waals surface area contributed by atoms with Crippen molar-refractivity contribution in [3.63, 3.8) is 0 Å². The molecule has 0 bridgehead atoms. The van der Waals surface area contributed by atoms with Crippen LogP contribution in [0.4, 0.5) is 5.82 Å². The van der Waals surface area contributed by atoms with Crippen molar-refractivity contribution in [3.05, 3.63) is 17.5 Å². The van der Waals surface area contributed by atoms with Crippen LogP contribution in [0.15, 0.2) is 12.3 Å². The number of hydrogen-bond donors (Lipinski definition) is 2. The van der Waals surface area contributed by atoms with Gasteiger partial charge >= 0.3 is 5.28 Å². The number of nitrogens with two attached hydrogens (primary N) is 1. The molecular formula is C6H6ClN4+. The Morgan fingerprint density at radius 1 is 1.64 bits per heavy atom. The molecule has 0 amide bonds. The number of fused-ring (bicyclic) bond motifs is 1. The Hall–Kier alpha value is -1.29. The lowest BCUT2D eigenvalue weighted by Gasteiger charge is -1.88. The monoisotopic (exact) mass is 169 g/mol.